The SMILES string of the molecule is CCCN(CC(=O)N(C)Cc1ccc(Cl)s1)Cc1ccccc1. The molecule has 0 fully saturated rings. The van der Waals surface area contributed by atoms with Crippen molar-refractivity contribution in [1.82, 2.24) is 9.80 Å². The zero-order valence-electron chi connectivity index (χ0n) is 13.7. The van der Waals surface area contributed by atoms with Gasteiger partial charge in [0.2, 0.25) is 5.91 Å². The first-order valence-electron chi connectivity index (χ1n) is 7.83. The minimum absolute atomic E-state index is 0.138. The van der Waals surface area contributed by atoms with Gasteiger partial charge in [0.1, 0.15) is 0 Å². The van der Waals surface area contributed by atoms with Crippen LogP contribution in [0.3, 0.4) is 0 Å². The number of thiophene rings is 1. The topological polar surface area (TPSA) is 23.6 Å². The van der Waals surface area contributed by atoms with Gasteiger partial charge in [-0.05, 0) is 30.7 Å². The fourth-order valence-corrected chi connectivity index (χ4v) is 3.58. The lowest BCUT2D eigenvalue weighted by Gasteiger charge is -2.24. The summed E-state index contributed by atoms with van der Waals surface area (Å²) in [6.07, 6.45) is 1.03. The van der Waals surface area contributed by atoms with E-state index in [4.69, 9.17) is 11.6 Å². The molecule has 0 radical (unpaired) electrons. The third-order valence-corrected chi connectivity index (χ3v) is 4.81. The Morgan fingerprint density at radius 1 is 1.13 bits per heavy atom. The predicted molar refractivity (Wildman–Crippen MR) is 97.8 cm³/mol. The van der Waals surface area contributed by atoms with E-state index < -0.39 is 0 Å². The standard InChI is InChI=1S/C18H23ClN2OS/c1-3-11-21(12-15-7-5-4-6-8-15)14-18(22)20(2)13-16-9-10-17(19)23-16/h4-10H,3,11-14H2,1-2H3. The summed E-state index contributed by atoms with van der Waals surface area (Å²) in [5, 5.41) is 0. The van der Waals surface area contributed by atoms with Crippen LogP contribution in [0.4, 0.5) is 0 Å². The lowest BCUT2D eigenvalue weighted by atomic mass is 10.2. The van der Waals surface area contributed by atoms with E-state index in [1.807, 2.05) is 37.4 Å². The first-order chi connectivity index (χ1) is 11.1. The van der Waals surface area contributed by atoms with Gasteiger partial charge >= 0.3 is 0 Å². The maximum atomic E-state index is 12.5. The highest BCUT2D eigenvalue weighted by Crippen LogP contribution is 2.22. The van der Waals surface area contributed by atoms with Crippen molar-refractivity contribution < 1.29 is 4.79 Å². The Bertz CT molecular complexity index is 614. The van der Waals surface area contributed by atoms with E-state index in [0.29, 0.717) is 13.1 Å². The van der Waals surface area contributed by atoms with Crippen LogP contribution in [-0.2, 0) is 17.9 Å². The third kappa shape index (κ3) is 5.98. The van der Waals surface area contributed by atoms with Crippen molar-refractivity contribution in [1.29, 1.82) is 0 Å². The Morgan fingerprint density at radius 3 is 2.48 bits per heavy atom. The second-order valence-corrected chi connectivity index (χ2v) is 7.45. The van der Waals surface area contributed by atoms with E-state index in [-0.39, 0.29) is 5.91 Å². The zero-order valence-corrected chi connectivity index (χ0v) is 15.2. The van der Waals surface area contributed by atoms with E-state index in [9.17, 15) is 4.79 Å². The summed E-state index contributed by atoms with van der Waals surface area (Å²) in [5.74, 6) is 0.138. The molecule has 3 nitrogen and oxygen atoms in total. The Balaban J connectivity index is 1.91. The van der Waals surface area contributed by atoms with E-state index >= 15 is 0 Å². The lowest BCUT2D eigenvalue weighted by molar-refractivity contribution is -0.131. The van der Waals surface area contributed by atoms with Crippen LogP contribution in [0.2, 0.25) is 4.34 Å². The molecule has 0 spiro atoms. The quantitative estimate of drug-likeness (QED) is 0.709. The first-order valence-corrected chi connectivity index (χ1v) is 9.02. The molecular formula is C18H23ClN2OS. The molecule has 1 aromatic carbocycles. The summed E-state index contributed by atoms with van der Waals surface area (Å²) in [7, 11) is 1.85. The molecule has 1 aromatic heterocycles. The molecule has 23 heavy (non-hydrogen) atoms. The van der Waals surface area contributed by atoms with Crippen molar-refractivity contribution >= 4 is 28.8 Å². The molecule has 124 valence electrons. The summed E-state index contributed by atoms with van der Waals surface area (Å²) in [4.78, 5) is 17.6. The molecule has 2 rings (SSSR count). The molecule has 0 aliphatic rings. The summed E-state index contributed by atoms with van der Waals surface area (Å²) in [5.41, 5.74) is 1.24. The minimum atomic E-state index is 0.138. The van der Waals surface area contributed by atoms with E-state index in [1.54, 1.807) is 4.90 Å². The average Bonchev–Trinajstić information content (AvgIpc) is 2.93. The number of nitrogens with zero attached hydrogens (tertiary/aromatic N) is 2. The maximum Gasteiger partial charge on any atom is 0.236 e. The van der Waals surface area contributed by atoms with Gasteiger partial charge in [-0.2, -0.15) is 0 Å². The van der Waals surface area contributed by atoms with Crippen molar-refractivity contribution in [3.63, 3.8) is 0 Å². The number of carbonyl (C=O) groups excluding carboxylic acids is 1. The van der Waals surface area contributed by atoms with Crippen LogP contribution >= 0.6 is 22.9 Å². The molecule has 2 aromatic rings. The Hall–Kier alpha value is -1.36. The van der Waals surface area contributed by atoms with Crippen LogP contribution < -0.4 is 0 Å². The van der Waals surface area contributed by atoms with Crippen molar-refractivity contribution in [2.24, 2.45) is 0 Å². The van der Waals surface area contributed by atoms with Crippen molar-refractivity contribution in [2.75, 3.05) is 20.1 Å². The molecule has 0 N–H and O–H groups in total. The highest BCUT2D eigenvalue weighted by atomic mass is 35.5. The Labute approximate surface area is 147 Å². The second-order valence-electron chi connectivity index (χ2n) is 5.65. The number of halogens is 1. The normalized spacial score (nSPS) is 11.0. The summed E-state index contributed by atoms with van der Waals surface area (Å²) >= 11 is 7.47. The lowest BCUT2D eigenvalue weighted by Crippen LogP contribution is -2.38. The van der Waals surface area contributed by atoms with Crippen LogP contribution in [-0.4, -0.2) is 35.8 Å². The van der Waals surface area contributed by atoms with Gasteiger partial charge in [0, 0.05) is 18.5 Å². The van der Waals surface area contributed by atoms with Crippen LogP contribution in [0.1, 0.15) is 23.8 Å². The van der Waals surface area contributed by atoms with Gasteiger partial charge in [0.15, 0.2) is 0 Å². The van der Waals surface area contributed by atoms with Gasteiger partial charge in [-0.15, -0.1) is 11.3 Å². The summed E-state index contributed by atoms with van der Waals surface area (Å²) in [6.45, 7) is 4.91. The summed E-state index contributed by atoms with van der Waals surface area (Å²) in [6, 6.07) is 14.1. The number of hydrogen-bond acceptors (Lipinski definition) is 3. The Morgan fingerprint density at radius 2 is 1.87 bits per heavy atom. The highest BCUT2D eigenvalue weighted by Gasteiger charge is 2.15. The second kappa shape index (κ2) is 9.06. The molecule has 0 aliphatic heterocycles. The molecule has 1 heterocycles. The molecule has 0 saturated carbocycles. The third-order valence-electron chi connectivity index (χ3n) is 3.60. The highest BCUT2D eigenvalue weighted by molar-refractivity contribution is 7.16. The number of hydrogen-bond donors (Lipinski definition) is 0. The van der Waals surface area contributed by atoms with Crippen LogP contribution in [0.15, 0.2) is 42.5 Å². The molecule has 0 bridgehead atoms. The zero-order chi connectivity index (χ0) is 16.7. The predicted octanol–water partition coefficient (Wildman–Crippen LogP) is 4.27. The van der Waals surface area contributed by atoms with Gasteiger partial charge in [-0.1, -0.05) is 48.9 Å². The number of benzene rings is 1. The molecule has 0 unspecified atom stereocenters. The monoisotopic (exact) mass is 350 g/mol. The molecule has 1 amide bonds. The van der Waals surface area contributed by atoms with Crippen LogP contribution in [0, 0.1) is 0 Å². The number of amides is 1. The molecule has 0 atom stereocenters. The fraction of sp³-hybridized carbons (Fsp3) is 0.389. The molecule has 0 aliphatic carbocycles. The van der Waals surface area contributed by atoms with E-state index in [0.717, 1.165) is 28.7 Å². The maximum absolute atomic E-state index is 12.5. The van der Waals surface area contributed by atoms with E-state index in [1.165, 1.54) is 16.9 Å². The van der Waals surface area contributed by atoms with Crippen molar-refractivity contribution in [3.05, 3.63) is 57.2 Å². The number of likely N-dealkylation sites (N-methyl/N-ethyl adjacent to an activating group) is 1. The molecule has 0 saturated heterocycles. The Kier molecular flexibility index (Phi) is 7.09. The minimum Gasteiger partial charge on any atom is -0.340 e. The van der Waals surface area contributed by atoms with Gasteiger partial charge in [-0.3, -0.25) is 9.69 Å². The smallest absolute Gasteiger partial charge is 0.236 e. The van der Waals surface area contributed by atoms with E-state index in [2.05, 4.69) is 24.0 Å². The first kappa shape index (κ1) is 18.0. The van der Waals surface area contributed by atoms with Crippen molar-refractivity contribution in [3.8, 4) is 0 Å². The van der Waals surface area contributed by atoms with Crippen LogP contribution in [0.5, 0.6) is 0 Å². The molecule has 5 heteroatoms. The van der Waals surface area contributed by atoms with Crippen LogP contribution in [0.25, 0.3) is 0 Å². The van der Waals surface area contributed by atoms with Crippen molar-refractivity contribution in [2.45, 2.75) is 26.4 Å². The van der Waals surface area contributed by atoms with Gasteiger partial charge in [0.25, 0.3) is 0 Å². The van der Waals surface area contributed by atoms with Gasteiger partial charge in [-0.25, -0.2) is 0 Å². The molecular weight excluding hydrogens is 328 g/mol. The average molecular weight is 351 g/mol. The van der Waals surface area contributed by atoms with Gasteiger partial charge < -0.3 is 4.90 Å². The largest absolute Gasteiger partial charge is 0.340 e. The number of carbonyl (C=O) groups is 1. The fourth-order valence-electron chi connectivity index (χ4n) is 2.44. The number of rotatable bonds is 8. The summed E-state index contributed by atoms with van der Waals surface area (Å²) < 4.78 is 0.762. The van der Waals surface area contributed by atoms with Gasteiger partial charge in [0.05, 0.1) is 17.4 Å².